The number of rotatable bonds is 6. The van der Waals surface area contributed by atoms with Crippen LogP contribution in [-0.4, -0.2) is 42.6 Å². The quantitative estimate of drug-likeness (QED) is 0.765. The summed E-state index contributed by atoms with van der Waals surface area (Å²) < 4.78 is 5.64. The van der Waals surface area contributed by atoms with E-state index in [9.17, 15) is 4.79 Å². The molecule has 1 heterocycles. The molecule has 1 rings (SSSR count). The number of hydrogen-bond donors (Lipinski definition) is 1. The highest BCUT2D eigenvalue weighted by atomic mass is 16.5. The van der Waals surface area contributed by atoms with Crippen molar-refractivity contribution in [1.82, 2.24) is 4.90 Å². The molecule has 0 radical (unpaired) electrons. The number of nitrogens with zero attached hydrogens (tertiary/aromatic N) is 1. The minimum absolute atomic E-state index is 0.150. The molecule has 1 amide bonds. The van der Waals surface area contributed by atoms with Gasteiger partial charge in [-0.1, -0.05) is 13.8 Å². The Hall–Kier alpha value is -0.610. The van der Waals surface area contributed by atoms with Gasteiger partial charge in [0.2, 0.25) is 0 Å². The lowest BCUT2D eigenvalue weighted by Gasteiger charge is -2.27. The first-order valence-corrected chi connectivity index (χ1v) is 6.69. The van der Waals surface area contributed by atoms with Crippen LogP contribution in [0.4, 0.5) is 0 Å². The molecule has 4 heteroatoms. The molecule has 0 aromatic heterocycles. The number of hydrogen-bond acceptors (Lipinski definition) is 3. The third-order valence-electron chi connectivity index (χ3n) is 3.04. The van der Waals surface area contributed by atoms with Gasteiger partial charge in [0.15, 0.2) is 0 Å². The van der Waals surface area contributed by atoms with Gasteiger partial charge in [-0.25, -0.2) is 0 Å². The molecule has 1 saturated heterocycles. The molecule has 0 aromatic carbocycles. The molecule has 17 heavy (non-hydrogen) atoms. The fourth-order valence-electron chi connectivity index (χ4n) is 2.20. The van der Waals surface area contributed by atoms with E-state index in [4.69, 9.17) is 10.5 Å². The van der Waals surface area contributed by atoms with Gasteiger partial charge in [-0.15, -0.1) is 0 Å². The summed E-state index contributed by atoms with van der Waals surface area (Å²) in [5.41, 5.74) is 5.51. The monoisotopic (exact) mass is 242 g/mol. The Kier molecular flexibility index (Phi) is 5.92. The highest BCUT2D eigenvalue weighted by molar-refractivity contribution is 5.81. The van der Waals surface area contributed by atoms with Crippen LogP contribution in [0.1, 0.15) is 40.0 Å². The van der Waals surface area contributed by atoms with Crippen molar-refractivity contribution in [2.45, 2.75) is 52.2 Å². The van der Waals surface area contributed by atoms with E-state index in [1.54, 1.807) is 0 Å². The Labute approximate surface area is 104 Å². The van der Waals surface area contributed by atoms with Crippen LogP contribution in [0.15, 0.2) is 0 Å². The Morgan fingerprint density at radius 3 is 2.65 bits per heavy atom. The van der Waals surface area contributed by atoms with Gasteiger partial charge >= 0.3 is 0 Å². The van der Waals surface area contributed by atoms with Crippen LogP contribution in [-0.2, 0) is 9.53 Å². The molecule has 2 N–H and O–H groups in total. The molecule has 0 aromatic rings. The summed E-state index contributed by atoms with van der Waals surface area (Å²) in [7, 11) is 0. The minimum atomic E-state index is -0.221. The maximum atomic E-state index is 12.3. The second-order valence-electron chi connectivity index (χ2n) is 5.33. The van der Waals surface area contributed by atoms with Crippen LogP contribution in [0.5, 0.6) is 0 Å². The maximum absolute atomic E-state index is 12.3. The van der Waals surface area contributed by atoms with E-state index in [-0.39, 0.29) is 18.1 Å². The Bertz CT molecular complexity index is 244. The summed E-state index contributed by atoms with van der Waals surface area (Å²) in [6, 6.07) is 0. The van der Waals surface area contributed by atoms with Gasteiger partial charge in [0.1, 0.15) is 6.10 Å². The first kappa shape index (κ1) is 14.5. The van der Waals surface area contributed by atoms with Crippen molar-refractivity contribution in [2.75, 3.05) is 19.6 Å². The molecule has 1 aliphatic heterocycles. The van der Waals surface area contributed by atoms with Crippen molar-refractivity contribution in [3.05, 3.63) is 0 Å². The smallest absolute Gasteiger partial charge is 0.251 e. The summed E-state index contributed by atoms with van der Waals surface area (Å²) in [4.78, 5) is 14.2. The van der Waals surface area contributed by atoms with Crippen LogP contribution in [0.2, 0.25) is 0 Å². The number of amides is 1. The average molecular weight is 242 g/mol. The summed E-state index contributed by atoms with van der Waals surface area (Å²) >= 11 is 0. The molecule has 2 unspecified atom stereocenters. The highest BCUT2D eigenvalue weighted by Gasteiger charge is 2.31. The average Bonchev–Trinajstić information content (AvgIpc) is 2.69. The van der Waals surface area contributed by atoms with Crippen molar-refractivity contribution < 1.29 is 9.53 Å². The molecule has 0 saturated carbocycles. The van der Waals surface area contributed by atoms with E-state index in [0.29, 0.717) is 12.5 Å². The summed E-state index contributed by atoms with van der Waals surface area (Å²) in [6.45, 7) is 8.46. The van der Waals surface area contributed by atoms with Gasteiger partial charge in [0.05, 0.1) is 6.10 Å². The number of carbonyl (C=O) groups excluding carboxylic acids is 1. The molecule has 1 fully saturated rings. The van der Waals surface area contributed by atoms with E-state index in [1.165, 1.54) is 0 Å². The number of ether oxygens (including phenoxy) is 1. The number of nitrogens with two attached hydrogens (primary N) is 1. The summed E-state index contributed by atoms with van der Waals surface area (Å²) in [6.07, 6.45) is 2.71. The highest BCUT2D eigenvalue weighted by Crippen LogP contribution is 2.21. The molecular formula is C13H26N2O2. The van der Waals surface area contributed by atoms with Crippen LogP contribution < -0.4 is 5.73 Å². The van der Waals surface area contributed by atoms with E-state index in [1.807, 2.05) is 11.8 Å². The fraction of sp³-hybridized carbons (Fsp3) is 0.923. The van der Waals surface area contributed by atoms with Gasteiger partial charge in [0, 0.05) is 13.1 Å². The number of carbonyl (C=O) groups is 1. The van der Waals surface area contributed by atoms with Gasteiger partial charge in [-0.05, 0) is 38.6 Å². The van der Waals surface area contributed by atoms with Crippen molar-refractivity contribution in [3.8, 4) is 0 Å². The molecule has 4 nitrogen and oxygen atoms in total. The molecule has 0 spiro atoms. The van der Waals surface area contributed by atoms with Crippen LogP contribution in [0.3, 0.4) is 0 Å². The second-order valence-corrected chi connectivity index (χ2v) is 5.33. The molecule has 0 aliphatic carbocycles. The molecular weight excluding hydrogens is 216 g/mol. The molecule has 2 atom stereocenters. The zero-order valence-corrected chi connectivity index (χ0v) is 11.3. The molecule has 100 valence electrons. The third-order valence-corrected chi connectivity index (χ3v) is 3.04. The minimum Gasteiger partial charge on any atom is -0.365 e. The zero-order valence-electron chi connectivity index (χ0n) is 11.3. The topological polar surface area (TPSA) is 55.6 Å². The predicted molar refractivity (Wildman–Crippen MR) is 68.7 cm³/mol. The van der Waals surface area contributed by atoms with Gasteiger partial charge in [-0.2, -0.15) is 0 Å². The predicted octanol–water partition coefficient (Wildman–Crippen LogP) is 1.39. The SMILES string of the molecule is CC(C)CN(CCCN)C(=O)C1CCC(C)O1. The fourth-order valence-corrected chi connectivity index (χ4v) is 2.20. The zero-order chi connectivity index (χ0) is 12.8. The van der Waals surface area contributed by atoms with Crippen molar-refractivity contribution in [1.29, 1.82) is 0 Å². The van der Waals surface area contributed by atoms with Crippen LogP contribution in [0, 0.1) is 5.92 Å². The van der Waals surface area contributed by atoms with E-state index in [2.05, 4.69) is 13.8 Å². The van der Waals surface area contributed by atoms with Gasteiger partial charge in [-0.3, -0.25) is 4.79 Å². The lowest BCUT2D eigenvalue weighted by atomic mass is 10.1. The van der Waals surface area contributed by atoms with E-state index in [0.717, 1.165) is 32.4 Å². The first-order valence-electron chi connectivity index (χ1n) is 6.69. The van der Waals surface area contributed by atoms with Crippen molar-refractivity contribution >= 4 is 5.91 Å². The van der Waals surface area contributed by atoms with Gasteiger partial charge < -0.3 is 15.4 Å². The molecule has 0 bridgehead atoms. The van der Waals surface area contributed by atoms with E-state index < -0.39 is 0 Å². The normalized spacial score (nSPS) is 24.3. The third kappa shape index (κ3) is 4.64. The summed E-state index contributed by atoms with van der Waals surface area (Å²) in [5.74, 6) is 0.632. The maximum Gasteiger partial charge on any atom is 0.251 e. The molecule has 1 aliphatic rings. The van der Waals surface area contributed by atoms with Crippen LogP contribution >= 0.6 is 0 Å². The lowest BCUT2D eigenvalue weighted by Crippen LogP contribution is -2.42. The second kappa shape index (κ2) is 6.97. The van der Waals surface area contributed by atoms with Crippen molar-refractivity contribution in [3.63, 3.8) is 0 Å². The lowest BCUT2D eigenvalue weighted by molar-refractivity contribution is -0.143. The van der Waals surface area contributed by atoms with Crippen LogP contribution in [0.25, 0.3) is 0 Å². The standard InChI is InChI=1S/C13H26N2O2/c1-10(2)9-15(8-4-7-14)13(16)12-6-5-11(3)17-12/h10-12H,4-9,14H2,1-3H3. The summed E-state index contributed by atoms with van der Waals surface area (Å²) in [5, 5.41) is 0. The Morgan fingerprint density at radius 1 is 1.47 bits per heavy atom. The van der Waals surface area contributed by atoms with Crippen molar-refractivity contribution in [2.24, 2.45) is 11.7 Å². The van der Waals surface area contributed by atoms with Gasteiger partial charge in [0.25, 0.3) is 5.91 Å². The Balaban J connectivity index is 2.52. The largest absolute Gasteiger partial charge is 0.365 e. The van der Waals surface area contributed by atoms with E-state index >= 15 is 0 Å². The Morgan fingerprint density at radius 2 is 2.18 bits per heavy atom. The first-order chi connectivity index (χ1) is 8.04.